The first-order valence-corrected chi connectivity index (χ1v) is 9.02. The molecule has 3 unspecified atom stereocenters. The lowest BCUT2D eigenvalue weighted by molar-refractivity contribution is -0.149. The molecule has 0 saturated heterocycles. The quantitative estimate of drug-likeness (QED) is 0.587. The van der Waals surface area contributed by atoms with Gasteiger partial charge in [0.15, 0.2) is 6.10 Å². The zero-order valence-corrected chi connectivity index (χ0v) is 14.8. The van der Waals surface area contributed by atoms with Crippen molar-refractivity contribution in [1.29, 1.82) is 0 Å². The lowest BCUT2D eigenvalue weighted by atomic mass is 10.1. The van der Waals surface area contributed by atoms with Gasteiger partial charge in [-0.3, -0.25) is 9.78 Å². The number of carbonyl (C=O) groups excluding carboxylic acids is 1. The van der Waals surface area contributed by atoms with Crippen LogP contribution in [0, 0.1) is 5.92 Å². The second kappa shape index (κ2) is 7.30. The van der Waals surface area contributed by atoms with Gasteiger partial charge in [0.2, 0.25) is 0 Å². The molecule has 0 aliphatic heterocycles. The summed E-state index contributed by atoms with van der Waals surface area (Å²) in [5, 5.41) is 0.706. The highest BCUT2D eigenvalue weighted by Gasteiger charge is 2.46. The number of carbonyl (C=O) groups is 1. The van der Waals surface area contributed by atoms with Gasteiger partial charge in [-0.2, -0.15) is 0 Å². The van der Waals surface area contributed by atoms with E-state index in [1.165, 1.54) is 0 Å². The van der Waals surface area contributed by atoms with Crippen LogP contribution in [0.2, 0.25) is 5.02 Å². The van der Waals surface area contributed by atoms with Crippen LogP contribution in [0.5, 0.6) is 0 Å². The summed E-state index contributed by atoms with van der Waals surface area (Å²) in [7, 11) is 0. The van der Waals surface area contributed by atoms with Crippen LogP contribution < -0.4 is 0 Å². The molecule has 130 valence electrons. The summed E-state index contributed by atoms with van der Waals surface area (Å²) < 4.78 is 5.89. The molecule has 4 rings (SSSR count). The number of esters is 1. The van der Waals surface area contributed by atoms with Gasteiger partial charge < -0.3 is 4.74 Å². The number of benzene rings is 2. The normalized spacial score (nSPS) is 19.6. The van der Waals surface area contributed by atoms with Crippen LogP contribution in [-0.4, -0.2) is 11.0 Å². The van der Waals surface area contributed by atoms with Crippen molar-refractivity contribution in [3.8, 4) is 0 Å². The fraction of sp³-hybridized carbons (Fsp3) is 0.182. The van der Waals surface area contributed by atoms with Gasteiger partial charge >= 0.3 is 5.97 Å². The molecule has 0 N–H and O–H groups in total. The molecule has 1 aliphatic carbocycles. The standard InChI is InChI=1S/C22H18ClNO2/c23-19-11-5-4-10-16(19)17-14-18(17)22(25)26-21(15-8-2-1-3-9-15)20-12-6-7-13-24-20/h1-13,17-18,21H,14H2. The summed E-state index contributed by atoms with van der Waals surface area (Å²) in [5.41, 5.74) is 2.65. The summed E-state index contributed by atoms with van der Waals surface area (Å²) in [6.45, 7) is 0. The first-order chi connectivity index (χ1) is 12.7. The Balaban J connectivity index is 1.54. The van der Waals surface area contributed by atoms with Gasteiger partial charge in [0.25, 0.3) is 0 Å². The van der Waals surface area contributed by atoms with Gasteiger partial charge in [0.05, 0.1) is 11.6 Å². The number of hydrogen-bond donors (Lipinski definition) is 0. The largest absolute Gasteiger partial charge is 0.451 e. The fourth-order valence-electron chi connectivity index (χ4n) is 3.24. The Bertz CT molecular complexity index is 859. The number of hydrogen-bond acceptors (Lipinski definition) is 3. The van der Waals surface area contributed by atoms with Crippen molar-refractivity contribution in [2.24, 2.45) is 5.92 Å². The van der Waals surface area contributed by atoms with Gasteiger partial charge in [-0.05, 0) is 41.7 Å². The molecule has 3 atom stereocenters. The maximum Gasteiger partial charge on any atom is 0.310 e. The summed E-state index contributed by atoms with van der Waals surface area (Å²) in [5.74, 6) is -0.212. The minimum absolute atomic E-state index is 0.136. The number of nitrogens with zero attached hydrogens (tertiary/aromatic N) is 1. The third-order valence-corrected chi connectivity index (χ3v) is 5.03. The Morgan fingerprint density at radius 2 is 1.73 bits per heavy atom. The predicted molar refractivity (Wildman–Crippen MR) is 101 cm³/mol. The van der Waals surface area contributed by atoms with Gasteiger partial charge in [-0.15, -0.1) is 0 Å². The molecule has 3 aromatic rings. The number of pyridine rings is 1. The molecule has 1 aliphatic rings. The Morgan fingerprint density at radius 1 is 1.00 bits per heavy atom. The van der Waals surface area contributed by atoms with Crippen LogP contribution in [0.1, 0.15) is 35.3 Å². The van der Waals surface area contributed by atoms with E-state index >= 15 is 0 Å². The highest BCUT2D eigenvalue weighted by molar-refractivity contribution is 6.31. The fourth-order valence-corrected chi connectivity index (χ4v) is 3.51. The maximum atomic E-state index is 12.8. The monoisotopic (exact) mass is 363 g/mol. The second-order valence-electron chi connectivity index (χ2n) is 6.45. The minimum Gasteiger partial charge on any atom is -0.451 e. The third-order valence-electron chi connectivity index (χ3n) is 4.69. The zero-order chi connectivity index (χ0) is 17.9. The van der Waals surface area contributed by atoms with E-state index in [1.54, 1.807) is 6.20 Å². The van der Waals surface area contributed by atoms with Crippen LogP contribution in [0.3, 0.4) is 0 Å². The maximum absolute atomic E-state index is 12.8. The van der Waals surface area contributed by atoms with Crippen molar-refractivity contribution in [1.82, 2.24) is 4.98 Å². The number of ether oxygens (including phenoxy) is 1. The van der Waals surface area contributed by atoms with Crippen molar-refractivity contribution >= 4 is 17.6 Å². The molecule has 0 spiro atoms. The summed E-state index contributed by atoms with van der Waals surface area (Å²) in [6, 6.07) is 23.0. The van der Waals surface area contributed by atoms with E-state index < -0.39 is 6.10 Å². The predicted octanol–water partition coefficient (Wildman–Crippen LogP) is 5.17. The van der Waals surface area contributed by atoms with Crippen molar-refractivity contribution < 1.29 is 9.53 Å². The van der Waals surface area contributed by atoms with Crippen LogP contribution in [0.15, 0.2) is 79.0 Å². The lowest BCUT2D eigenvalue weighted by Crippen LogP contribution is -2.15. The van der Waals surface area contributed by atoms with Gasteiger partial charge in [0.1, 0.15) is 0 Å². The lowest BCUT2D eigenvalue weighted by Gasteiger charge is -2.18. The zero-order valence-electron chi connectivity index (χ0n) is 14.1. The molecule has 0 amide bonds. The van der Waals surface area contributed by atoms with Crippen LogP contribution in [-0.2, 0) is 9.53 Å². The molecular formula is C22H18ClNO2. The molecule has 1 fully saturated rings. The van der Waals surface area contributed by atoms with Crippen molar-refractivity contribution in [3.05, 3.63) is 101 Å². The first kappa shape index (κ1) is 16.8. The second-order valence-corrected chi connectivity index (χ2v) is 6.86. The summed E-state index contributed by atoms with van der Waals surface area (Å²) in [4.78, 5) is 17.1. The molecular weight excluding hydrogens is 346 g/mol. The number of rotatable bonds is 5. The summed E-state index contributed by atoms with van der Waals surface area (Å²) >= 11 is 6.26. The smallest absolute Gasteiger partial charge is 0.310 e. The van der Waals surface area contributed by atoms with E-state index in [4.69, 9.17) is 16.3 Å². The Kier molecular flexibility index (Phi) is 4.72. The topological polar surface area (TPSA) is 39.2 Å². The summed E-state index contributed by atoms with van der Waals surface area (Å²) in [6.07, 6.45) is 1.98. The van der Waals surface area contributed by atoms with Gasteiger partial charge in [-0.1, -0.05) is 66.2 Å². The van der Waals surface area contributed by atoms with Crippen molar-refractivity contribution in [2.75, 3.05) is 0 Å². The highest BCUT2D eigenvalue weighted by Crippen LogP contribution is 2.50. The highest BCUT2D eigenvalue weighted by atomic mass is 35.5. The Hall–Kier alpha value is -2.65. The molecule has 2 aromatic carbocycles. The minimum atomic E-state index is -0.502. The Labute approximate surface area is 157 Å². The van der Waals surface area contributed by atoms with Crippen molar-refractivity contribution in [3.63, 3.8) is 0 Å². The Morgan fingerprint density at radius 3 is 2.46 bits per heavy atom. The number of halogens is 1. The molecule has 1 saturated carbocycles. The van der Waals surface area contributed by atoms with Crippen molar-refractivity contribution in [2.45, 2.75) is 18.4 Å². The SMILES string of the molecule is O=C(OC(c1ccccc1)c1ccccn1)C1CC1c1ccccc1Cl. The molecule has 26 heavy (non-hydrogen) atoms. The van der Waals surface area contributed by atoms with E-state index in [0.29, 0.717) is 5.02 Å². The van der Waals surface area contributed by atoms with Gasteiger partial charge in [-0.25, -0.2) is 0 Å². The number of aromatic nitrogens is 1. The molecule has 0 radical (unpaired) electrons. The third kappa shape index (κ3) is 3.49. The average molecular weight is 364 g/mol. The van der Waals surface area contributed by atoms with Gasteiger partial charge in [0, 0.05) is 11.2 Å². The molecule has 0 bridgehead atoms. The first-order valence-electron chi connectivity index (χ1n) is 8.65. The average Bonchev–Trinajstić information content (AvgIpc) is 3.48. The van der Waals surface area contributed by atoms with E-state index in [9.17, 15) is 4.79 Å². The molecule has 1 heterocycles. The van der Waals surface area contributed by atoms with E-state index in [2.05, 4.69) is 4.98 Å². The molecule has 1 aromatic heterocycles. The molecule has 3 nitrogen and oxygen atoms in total. The van der Waals surface area contributed by atoms with E-state index in [0.717, 1.165) is 23.2 Å². The van der Waals surface area contributed by atoms with E-state index in [-0.39, 0.29) is 17.8 Å². The van der Waals surface area contributed by atoms with Crippen LogP contribution >= 0.6 is 11.6 Å². The van der Waals surface area contributed by atoms with Crippen LogP contribution in [0.4, 0.5) is 0 Å². The van der Waals surface area contributed by atoms with Crippen LogP contribution in [0.25, 0.3) is 0 Å². The van der Waals surface area contributed by atoms with E-state index in [1.807, 2.05) is 72.8 Å². The molecule has 4 heteroatoms.